The maximum Gasteiger partial charge on any atom is 0.341 e. The largest absolute Gasteiger partial charge is 0.477 e. The van der Waals surface area contributed by atoms with Gasteiger partial charge in [0.05, 0.1) is 16.2 Å². The minimum absolute atomic E-state index is 0.190. The predicted molar refractivity (Wildman–Crippen MR) is 103 cm³/mol. The molecule has 4 rings (SSSR count). The molecule has 1 saturated heterocycles. The van der Waals surface area contributed by atoms with E-state index in [1.54, 1.807) is 6.07 Å². The Hall–Kier alpha value is -2.05. The Morgan fingerprint density at radius 1 is 1.23 bits per heavy atom. The summed E-state index contributed by atoms with van der Waals surface area (Å²) in [6.07, 6.45) is 3.51. The van der Waals surface area contributed by atoms with Crippen molar-refractivity contribution in [1.82, 2.24) is 9.47 Å². The second-order valence-corrected chi connectivity index (χ2v) is 7.46. The summed E-state index contributed by atoms with van der Waals surface area (Å²) in [5.74, 6) is -1.19. The number of aromatic carboxylic acids is 1. The number of halogens is 1. The van der Waals surface area contributed by atoms with Crippen molar-refractivity contribution in [2.24, 2.45) is 0 Å². The van der Waals surface area contributed by atoms with Gasteiger partial charge in [-0.15, -0.1) is 0 Å². The molecule has 0 atom stereocenters. The van der Waals surface area contributed by atoms with Gasteiger partial charge in [-0.3, -0.25) is 4.79 Å². The van der Waals surface area contributed by atoms with E-state index in [2.05, 4.69) is 16.7 Å². The first-order valence-corrected chi connectivity index (χ1v) is 9.46. The van der Waals surface area contributed by atoms with Crippen molar-refractivity contribution >= 4 is 34.2 Å². The van der Waals surface area contributed by atoms with Crippen LogP contribution in [0.4, 0.5) is 5.69 Å². The molecule has 7 heteroatoms. The smallest absolute Gasteiger partial charge is 0.341 e. The van der Waals surface area contributed by atoms with E-state index in [1.165, 1.54) is 6.20 Å². The lowest BCUT2D eigenvalue weighted by Crippen LogP contribution is -2.46. The monoisotopic (exact) mass is 375 g/mol. The number of fused-ring (bicyclic) bond motifs is 1. The van der Waals surface area contributed by atoms with Gasteiger partial charge in [0.1, 0.15) is 5.56 Å². The number of nitrogens with zero attached hydrogens (tertiary/aromatic N) is 3. The maximum atomic E-state index is 12.6. The number of benzene rings is 1. The van der Waals surface area contributed by atoms with Crippen molar-refractivity contribution in [2.45, 2.75) is 25.8 Å². The van der Waals surface area contributed by atoms with E-state index >= 15 is 0 Å². The normalized spacial score (nSPS) is 18.5. The van der Waals surface area contributed by atoms with Crippen LogP contribution in [-0.2, 0) is 0 Å². The Labute approximate surface area is 156 Å². The Morgan fingerprint density at radius 2 is 1.92 bits per heavy atom. The number of pyridine rings is 1. The zero-order valence-electron chi connectivity index (χ0n) is 14.7. The second kappa shape index (κ2) is 6.59. The number of aromatic nitrogens is 1. The number of piperazine rings is 1. The topological polar surface area (TPSA) is 65.8 Å². The molecule has 0 spiro atoms. The van der Waals surface area contributed by atoms with Crippen molar-refractivity contribution in [3.05, 3.63) is 39.1 Å². The Kier molecular flexibility index (Phi) is 4.40. The molecule has 1 N–H and O–H groups in total. The van der Waals surface area contributed by atoms with Crippen LogP contribution in [0.25, 0.3) is 10.9 Å². The van der Waals surface area contributed by atoms with Gasteiger partial charge in [0.15, 0.2) is 0 Å². The molecule has 0 amide bonds. The molecule has 0 unspecified atom stereocenters. The van der Waals surface area contributed by atoms with Crippen LogP contribution >= 0.6 is 11.6 Å². The third-order valence-corrected chi connectivity index (χ3v) is 5.73. The highest BCUT2D eigenvalue weighted by Gasteiger charge is 2.28. The third kappa shape index (κ3) is 2.97. The Bertz CT molecular complexity index is 928. The molecule has 138 valence electrons. The average Bonchev–Trinajstić information content (AvgIpc) is 3.47. The minimum Gasteiger partial charge on any atom is -0.477 e. The summed E-state index contributed by atoms with van der Waals surface area (Å²) < 4.78 is 1.95. The Morgan fingerprint density at radius 3 is 2.50 bits per heavy atom. The fourth-order valence-electron chi connectivity index (χ4n) is 3.71. The summed E-state index contributed by atoms with van der Waals surface area (Å²) in [4.78, 5) is 28.7. The van der Waals surface area contributed by atoms with Crippen LogP contribution in [0.1, 0.15) is 36.2 Å². The van der Waals surface area contributed by atoms with E-state index in [4.69, 9.17) is 11.6 Å². The van der Waals surface area contributed by atoms with Crippen molar-refractivity contribution < 1.29 is 9.90 Å². The molecule has 26 heavy (non-hydrogen) atoms. The van der Waals surface area contributed by atoms with Crippen LogP contribution in [-0.4, -0.2) is 53.3 Å². The molecule has 2 aromatic rings. The number of hydrogen-bond donors (Lipinski definition) is 1. The van der Waals surface area contributed by atoms with Crippen LogP contribution < -0.4 is 10.3 Å². The Balaban J connectivity index is 1.83. The van der Waals surface area contributed by atoms with E-state index in [1.807, 2.05) is 10.6 Å². The zero-order valence-corrected chi connectivity index (χ0v) is 15.5. The van der Waals surface area contributed by atoms with E-state index in [9.17, 15) is 14.7 Å². The predicted octanol–water partition coefficient (Wildman–Crippen LogP) is 2.83. The molecule has 2 aliphatic rings. The average molecular weight is 376 g/mol. The highest BCUT2D eigenvalue weighted by Crippen LogP contribution is 2.39. The molecule has 1 aromatic heterocycles. The first-order chi connectivity index (χ1) is 12.5. The highest BCUT2D eigenvalue weighted by atomic mass is 35.5. The lowest BCUT2D eigenvalue weighted by atomic mass is 10.1. The van der Waals surface area contributed by atoms with Crippen molar-refractivity contribution in [2.75, 3.05) is 37.6 Å². The van der Waals surface area contributed by atoms with Crippen LogP contribution in [0, 0.1) is 0 Å². The number of likely N-dealkylation sites (N-methyl/N-ethyl adjacent to an activating group) is 1. The van der Waals surface area contributed by atoms with Crippen LogP contribution in [0.2, 0.25) is 5.02 Å². The quantitative estimate of drug-likeness (QED) is 0.890. The van der Waals surface area contributed by atoms with Gasteiger partial charge in [0, 0.05) is 43.8 Å². The molecule has 1 saturated carbocycles. The highest BCUT2D eigenvalue weighted by molar-refractivity contribution is 6.34. The molecule has 1 aromatic carbocycles. The number of rotatable bonds is 4. The SMILES string of the molecule is CCN1CCN(c2cc3c(cc2Cl)c(=O)c(C(=O)O)cn3C2CC2)CC1. The third-order valence-electron chi connectivity index (χ3n) is 5.43. The summed E-state index contributed by atoms with van der Waals surface area (Å²) in [5.41, 5.74) is 1.05. The van der Waals surface area contributed by atoms with Gasteiger partial charge in [-0.2, -0.15) is 0 Å². The first-order valence-electron chi connectivity index (χ1n) is 9.08. The van der Waals surface area contributed by atoms with E-state index < -0.39 is 11.4 Å². The van der Waals surface area contributed by atoms with E-state index in [0.29, 0.717) is 10.4 Å². The fourth-order valence-corrected chi connectivity index (χ4v) is 4.00. The van der Waals surface area contributed by atoms with Crippen molar-refractivity contribution in [3.8, 4) is 0 Å². The molecular weight excluding hydrogens is 354 g/mol. The van der Waals surface area contributed by atoms with Gasteiger partial charge in [-0.05, 0) is 31.5 Å². The molecule has 1 aliphatic carbocycles. The molecule has 0 radical (unpaired) electrons. The van der Waals surface area contributed by atoms with Gasteiger partial charge in [-0.1, -0.05) is 18.5 Å². The summed E-state index contributed by atoms with van der Waals surface area (Å²) in [6, 6.07) is 3.87. The van der Waals surface area contributed by atoms with Gasteiger partial charge < -0.3 is 19.5 Å². The molecule has 1 aliphatic heterocycles. The number of carbonyl (C=O) groups is 1. The summed E-state index contributed by atoms with van der Waals surface area (Å²) in [6.45, 7) is 6.95. The summed E-state index contributed by atoms with van der Waals surface area (Å²) in [7, 11) is 0. The van der Waals surface area contributed by atoms with Gasteiger partial charge in [0.25, 0.3) is 0 Å². The van der Waals surface area contributed by atoms with Crippen molar-refractivity contribution in [3.63, 3.8) is 0 Å². The van der Waals surface area contributed by atoms with Crippen LogP contribution in [0.15, 0.2) is 23.1 Å². The van der Waals surface area contributed by atoms with Crippen LogP contribution in [0.5, 0.6) is 0 Å². The van der Waals surface area contributed by atoms with Gasteiger partial charge in [-0.25, -0.2) is 4.79 Å². The molecular formula is C19H22ClN3O3. The first kappa shape index (κ1) is 17.4. The molecule has 0 bridgehead atoms. The van der Waals surface area contributed by atoms with E-state index in [-0.39, 0.29) is 11.6 Å². The number of hydrogen-bond acceptors (Lipinski definition) is 4. The maximum absolute atomic E-state index is 12.6. The van der Waals surface area contributed by atoms with Crippen LogP contribution in [0.3, 0.4) is 0 Å². The number of anilines is 1. The number of carboxylic acids is 1. The lowest BCUT2D eigenvalue weighted by molar-refractivity contribution is 0.0695. The number of carboxylic acid groups (broad SMARTS) is 1. The standard InChI is InChI=1S/C19H22ClN3O3/c1-2-21-5-7-22(8-6-21)17-10-16-13(9-15(17)20)18(24)14(19(25)26)11-23(16)12-3-4-12/h9-12H,2-8H2,1H3,(H,25,26). The second-order valence-electron chi connectivity index (χ2n) is 7.06. The lowest BCUT2D eigenvalue weighted by Gasteiger charge is -2.36. The fraction of sp³-hybridized carbons (Fsp3) is 0.474. The van der Waals surface area contributed by atoms with Crippen molar-refractivity contribution in [1.29, 1.82) is 0 Å². The van der Waals surface area contributed by atoms with Gasteiger partial charge >= 0.3 is 5.97 Å². The zero-order chi connectivity index (χ0) is 18.4. The molecule has 2 fully saturated rings. The minimum atomic E-state index is -1.19. The molecule has 2 heterocycles. The summed E-state index contributed by atoms with van der Waals surface area (Å²) >= 11 is 6.51. The summed E-state index contributed by atoms with van der Waals surface area (Å²) in [5, 5.41) is 10.3. The van der Waals surface area contributed by atoms with Gasteiger partial charge in [0.2, 0.25) is 5.43 Å². The van der Waals surface area contributed by atoms with E-state index in [0.717, 1.165) is 56.8 Å². The molecule has 6 nitrogen and oxygen atoms in total.